The van der Waals surface area contributed by atoms with Gasteiger partial charge in [-0.2, -0.15) is 0 Å². The molecule has 1 aliphatic carbocycles. The number of carbonyl (C=O) groups is 1. The Bertz CT molecular complexity index is 673. The number of benzene rings is 1. The zero-order valence-electron chi connectivity index (χ0n) is 14.4. The van der Waals surface area contributed by atoms with E-state index < -0.39 is 0 Å². The molecule has 24 heavy (non-hydrogen) atoms. The predicted molar refractivity (Wildman–Crippen MR) is 98.0 cm³/mol. The van der Waals surface area contributed by atoms with Crippen molar-refractivity contribution in [3.63, 3.8) is 0 Å². The molecule has 2 aromatic rings. The summed E-state index contributed by atoms with van der Waals surface area (Å²) in [6, 6.07) is 14.4. The molecule has 0 aliphatic heterocycles. The summed E-state index contributed by atoms with van der Waals surface area (Å²) in [5.74, 6) is 0.103. The van der Waals surface area contributed by atoms with Gasteiger partial charge in [0.2, 0.25) is 5.91 Å². The molecule has 3 heteroatoms. The molecule has 126 valence electrons. The normalized spacial score (nSPS) is 17.0. The fourth-order valence-electron chi connectivity index (χ4n) is 3.90. The Labute approximate surface area is 144 Å². The summed E-state index contributed by atoms with van der Waals surface area (Å²) < 4.78 is 0. The lowest BCUT2D eigenvalue weighted by Crippen LogP contribution is -2.31. The highest BCUT2D eigenvalue weighted by molar-refractivity contribution is 5.91. The van der Waals surface area contributed by atoms with E-state index in [9.17, 15) is 4.79 Å². The van der Waals surface area contributed by atoms with Crippen LogP contribution in [0.4, 0.5) is 5.69 Å². The largest absolute Gasteiger partial charge is 0.326 e. The number of carbonyl (C=O) groups excluding carboxylic acids is 1. The van der Waals surface area contributed by atoms with Gasteiger partial charge in [-0.1, -0.05) is 56.0 Å². The van der Waals surface area contributed by atoms with E-state index in [0.717, 1.165) is 24.2 Å². The smallest absolute Gasteiger partial charge is 0.225 e. The highest BCUT2D eigenvalue weighted by atomic mass is 16.1. The number of aryl methyl sites for hydroxylation is 1. The van der Waals surface area contributed by atoms with Crippen molar-refractivity contribution in [2.75, 3.05) is 5.32 Å². The molecular formula is C21H26N2O. The number of pyridine rings is 1. The molecule has 0 saturated heterocycles. The first-order valence-electron chi connectivity index (χ1n) is 8.96. The summed E-state index contributed by atoms with van der Waals surface area (Å²) >= 11 is 0. The first-order valence-corrected chi connectivity index (χ1v) is 8.96. The Morgan fingerprint density at radius 2 is 1.79 bits per heavy atom. The molecule has 0 atom stereocenters. The van der Waals surface area contributed by atoms with E-state index >= 15 is 0 Å². The van der Waals surface area contributed by atoms with Gasteiger partial charge in [-0.05, 0) is 37.5 Å². The number of aromatic nitrogens is 1. The molecular weight excluding hydrogens is 296 g/mol. The van der Waals surface area contributed by atoms with E-state index in [4.69, 9.17) is 0 Å². The number of amides is 1. The van der Waals surface area contributed by atoms with Crippen molar-refractivity contribution in [2.24, 2.45) is 0 Å². The third kappa shape index (κ3) is 4.02. The number of hydrogen-bond acceptors (Lipinski definition) is 2. The molecule has 1 aromatic carbocycles. The number of anilines is 1. The summed E-state index contributed by atoms with van der Waals surface area (Å²) in [5.41, 5.74) is 3.04. The van der Waals surface area contributed by atoms with Gasteiger partial charge in [0, 0.05) is 29.4 Å². The Morgan fingerprint density at radius 1 is 1.08 bits per heavy atom. The van der Waals surface area contributed by atoms with Crippen LogP contribution < -0.4 is 5.32 Å². The molecule has 1 saturated carbocycles. The Hall–Kier alpha value is -2.16. The van der Waals surface area contributed by atoms with Crippen molar-refractivity contribution < 1.29 is 4.79 Å². The first-order chi connectivity index (χ1) is 11.7. The van der Waals surface area contributed by atoms with Crippen LogP contribution in [0.2, 0.25) is 0 Å². The molecule has 1 aromatic heterocycles. The van der Waals surface area contributed by atoms with Gasteiger partial charge in [0.25, 0.3) is 0 Å². The highest BCUT2D eigenvalue weighted by Gasteiger charge is 2.35. The monoisotopic (exact) mass is 322 g/mol. The standard InChI is InChI=1S/C21H26N2O/c1-17-15-19(11-14-22-17)23-20(24)16-21(12-7-2-3-8-13-21)18-9-5-4-6-10-18/h4-6,9-11,14-15H,2-3,7-8,12-13,16H2,1H3,(H,22,23,24). The summed E-state index contributed by atoms with van der Waals surface area (Å²) in [6.07, 6.45) is 9.45. The number of nitrogens with one attached hydrogen (secondary N) is 1. The molecule has 0 bridgehead atoms. The molecule has 1 aliphatic rings. The second-order valence-corrected chi connectivity index (χ2v) is 6.97. The summed E-state index contributed by atoms with van der Waals surface area (Å²) in [5, 5.41) is 3.07. The van der Waals surface area contributed by atoms with Crippen LogP contribution in [0, 0.1) is 6.92 Å². The topological polar surface area (TPSA) is 42.0 Å². The third-order valence-corrected chi connectivity index (χ3v) is 5.13. The molecule has 1 heterocycles. The molecule has 3 nitrogen and oxygen atoms in total. The van der Waals surface area contributed by atoms with Crippen LogP contribution in [0.3, 0.4) is 0 Å². The van der Waals surface area contributed by atoms with Gasteiger partial charge in [0.05, 0.1) is 0 Å². The van der Waals surface area contributed by atoms with Gasteiger partial charge in [-0.3, -0.25) is 9.78 Å². The number of rotatable bonds is 4. The summed E-state index contributed by atoms with van der Waals surface area (Å²) in [4.78, 5) is 16.9. The average molecular weight is 322 g/mol. The van der Waals surface area contributed by atoms with E-state index in [2.05, 4.69) is 34.6 Å². The highest BCUT2D eigenvalue weighted by Crippen LogP contribution is 2.41. The zero-order valence-corrected chi connectivity index (χ0v) is 14.4. The summed E-state index contributed by atoms with van der Waals surface area (Å²) in [7, 11) is 0. The molecule has 0 radical (unpaired) electrons. The SMILES string of the molecule is Cc1cc(NC(=O)CC2(c3ccccc3)CCCCCC2)ccn1. The molecule has 3 rings (SSSR count). The van der Waals surface area contributed by atoms with Crippen molar-refractivity contribution in [1.29, 1.82) is 0 Å². The van der Waals surface area contributed by atoms with Gasteiger partial charge in [0.1, 0.15) is 0 Å². The lowest BCUT2D eigenvalue weighted by atomic mass is 9.71. The van der Waals surface area contributed by atoms with Crippen LogP contribution in [-0.4, -0.2) is 10.9 Å². The quantitative estimate of drug-likeness (QED) is 0.804. The van der Waals surface area contributed by atoms with E-state index in [1.807, 2.05) is 25.1 Å². The average Bonchev–Trinajstić information content (AvgIpc) is 2.82. The Morgan fingerprint density at radius 3 is 2.46 bits per heavy atom. The molecule has 1 amide bonds. The lowest BCUT2D eigenvalue weighted by molar-refractivity contribution is -0.117. The maximum atomic E-state index is 12.8. The van der Waals surface area contributed by atoms with E-state index in [1.165, 1.54) is 31.2 Å². The van der Waals surface area contributed by atoms with Gasteiger partial charge >= 0.3 is 0 Å². The van der Waals surface area contributed by atoms with Crippen LogP contribution in [0.1, 0.15) is 56.2 Å². The van der Waals surface area contributed by atoms with Gasteiger partial charge in [-0.25, -0.2) is 0 Å². The van der Waals surface area contributed by atoms with Crippen LogP contribution in [0.25, 0.3) is 0 Å². The lowest BCUT2D eigenvalue weighted by Gasteiger charge is -2.33. The molecule has 0 spiro atoms. The second kappa shape index (κ2) is 7.61. The fourth-order valence-corrected chi connectivity index (χ4v) is 3.90. The van der Waals surface area contributed by atoms with Crippen molar-refractivity contribution in [3.8, 4) is 0 Å². The van der Waals surface area contributed by atoms with E-state index in [0.29, 0.717) is 6.42 Å². The zero-order chi connectivity index (χ0) is 16.8. The van der Waals surface area contributed by atoms with Crippen molar-refractivity contribution in [1.82, 2.24) is 4.98 Å². The van der Waals surface area contributed by atoms with Gasteiger partial charge in [-0.15, -0.1) is 0 Å². The number of nitrogens with zero attached hydrogens (tertiary/aromatic N) is 1. The molecule has 0 unspecified atom stereocenters. The van der Waals surface area contributed by atoms with Crippen molar-refractivity contribution in [2.45, 2.75) is 57.3 Å². The van der Waals surface area contributed by atoms with Crippen LogP contribution in [-0.2, 0) is 10.2 Å². The van der Waals surface area contributed by atoms with Crippen molar-refractivity contribution >= 4 is 11.6 Å². The maximum absolute atomic E-state index is 12.8. The number of hydrogen-bond donors (Lipinski definition) is 1. The Kier molecular flexibility index (Phi) is 5.29. The minimum Gasteiger partial charge on any atom is -0.326 e. The minimum atomic E-state index is -0.0239. The van der Waals surface area contributed by atoms with Gasteiger partial charge in [0.15, 0.2) is 0 Å². The maximum Gasteiger partial charge on any atom is 0.225 e. The third-order valence-electron chi connectivity index (χ3n) is 5.13. The molecule has 1 N–H and O–H groups in total. The second-order valence-electron chi connectivity index (χ2n) is 6.97. The predicted octanol–water partition coefficient (Wildman–Crippen LogP) is 5.01. The van der Waals surface area contributed by atoms with E-state index in [1.54, 1.807) is 6.20 Å². The van der Waals surface area contributed by atoms with E-state index in [-0.39, 0.29) is 11.3 Å². The first kappa shape index (κ1) is 16.7. The van der Waals surface area contributed by atoms with Crippen molar-refractivity contribution in [3.05, 3.63) is 59.9 Å². The summed E-state index contributed by atoms with van der Waals surface area (Å²) in [6.45, 7) is 1.94. The van der Waals surface area contributed by atoms with Crippen LogP contribution >= 0.6 is 0 Å². The van der Waals surface area contributed by atoms with Gasteiger partial charge < -0.3 is 5.32 Å². The minimum absolute atomic E-state index is 0.0239. The van der Waals surface area contributed by atoms with Crippen LogP contribution in [0.15, 0.2) is 48.7 Å². The fraction of sp³-hybridized carbons (Fsp3) is 0.429. The van der Waals surface area contributed by atoms with Crippen LogP contribution in [0.5, 0.6) is 0 Å². The molecule has 1 fully saturated rings. The Balaban J connectivity index is 1.80.